The van der Waals surface area contributed by atoms with Gasteiger partial charge in [0.2, 0.25) is 0 Å². The fourth-order valence-electron chi connectivity index (χ4n) is 2.89. The van der Waals surface area contributed by atoms with Crippen LogP contribution >= 0.6 is 0 Å². The number of rotatable bonds is 7. The number of aryl methyl sites for hydroxylation is 1. The number of anilines is 1. The molecule has 0 amide bonds. The second-order valence-corrected chi connectivity index (χ2v) is 6.50. The van der Waals surface area contributed by atoms with Crippen LogP contribution in [0.15, 0.2) is 66.7 Å². The van der Waals surface area contributed by atoms with E-state index in [4.69, 9.17) is 4.74 Å². The summed E-state index contributed by atoms with van der Waals surface area (Å²) in [4.78, 5) is 11.2. The molecule has 138 valence electrons. The van der Waals surface area contributed by atoms with Gasteiger partial charge < -0.3 is 15.2 Å². The summed E-state index contributed by atoms with van der Waals surface area (Å²) in [5.41, 5.74) is 5.38. The Morgan fingerprint density at radius 1 is 0.963 bits per heavy atom. The summed E-state index contributed by atoms with van der Waals surface area (Å²) in [7, 11) is 0. The number of hydrogen-bond acceptors (Lipinski definition) is 3. The maximum atomic E-state index is 11.2. The molecule has 0 aliphatic heterocycles. The highest BCUT2D eigenvalue weighted by Gasteiger charge is 2.09. The lowest BCUT2D eigenvalue weighted by Crippen LogP contribution is -2.05. The van der Waals surface area contributed by atoms with Gasteiger partial charge >= 0.3 is 5.97 Å². The summed E-state index contributed by atoms with van der Waals surface area (Å²) in [6.45, 7) is 5.05. The van der Waals surface area contributed by atoms with E-state index in [1.165, 1.54) is 11.1 Å². The van der Waals surface area contributed by atoms with E-state index < -0.39 is 5.97 Å². The van der Waals surface area contributed by atoms with Gasteiger partial charge in [-0.1, -0.05) is 42.5 Å². The first-order valence-electron chi connectivity index (χ1n) is 8.87. The molecule has 0 fully saturated rings. The van der Waals surface area contributed by atoms with E-state index in [1.54, 1.807) is 12.1 Å². The van der Waals surface area contributed by atoms with Crippen molar-refractivity contribution in [3.63, 3.8) is 0 Å². The van der Waals surface area contributed by atoms with Gasteiger partial charge in [0.25, 0.3) is 0 Å². The highest BCUT2D eigenvalue weighted by atomic mass is 16.5. The monoisotopic (exact) mass is 361 g/mol. The lowest BCUT2D eigenvalue weighted by Gasteiger charge is -2.12. The van der Waals surface area contributed by atoms with E-state index in [1.807, 2.05) is 49.4 Å². The van der Waals surface area contributed by atoms with Crippen LogP contribution in [0, 0.1) is 13.8 Å². The van der Waals surface area contributed by atoms with E-state index in [9.17, 15) is 9.90 Å². The van der Waals surface area contributed by atoms with Crippen molar-refractivity contribution >= 4 is 11.7 Å². The van der Waals surface area contributed by atoms with Crippen LogP contribution in [0.5, 0.6) is 5.75 Å². The Kier molecular flexibility index (Phi) is 5.77. The number of carbonyl (C=O) groups is 1. The predicted octanol–water partition coefficient (Wildman–Crippen LogP) is 5.19. The smallest absolute Gasteiger partial charge is 0.336 e. The first-order valence-corrected chi connectivity index (χ1v) is 8.87. The SMILES string of the molecule is Cc1ccccc1COc1ccc(CNc2cccc(C(=O)O)c2C)cc1. The van der Waals surface area contributed by atoms with E-state index in [-0.39, 0.29) is 0 Å². The van der Waals surface area contributed by atoms with Crippen LogP contribution in [0.4, 0.5) is 5.69 Å². The molecule has 3 aromatic carbocycles. The molecule has 0 spiro atoms. The lowest BCUT2D eigenvalue weighted by molar-refractivity contribution is 0.0696. The molecule has 0 heterocycles. The highest BCUT2D eigenvalue weighted by molar-refractivity contribution is 5.91. The third-order valence-corrected chi connectivity index (χ3v) is 4.63. The Hall–Kier alpha value is -3.27. The third kappa shape index (κ3) is 4.67. The maximum absolute atomic E-state index is 11.2. The fraction of sp³-hybridized carbons (Fsp3) is 0.174. The summed E-state index contributed by atoms with van der Waals surface area (Å²) in [6.07, 6.45) is 0. The Labute approximate surface area is 159 Å². The van der Waals surface area contributed by atoms with Crippen molar-refractivity contribution in [1.29, 1.82) is 0 Å². The molecule has 4 heteroatoms. The Bertz CT molecular complexity index is 933. The van der Waals surface area contributed by atoms with Gasteiger partial charge in [-0.3, -0.25) is 0 Å². The summed E-state index contributed by atoms with van der Waals surface area (Å²) in [5, 5.41) is 12.5. The second kappa shape index (κ2) is 8.41. The van der Waals surface area contributed by atoms with Crippen molar-refractivity contribution in [2.45, 2.75) is 27.0 Å². The van der Waals surface area contributed by atoms with Crippen LogP contribution in [0.3, 0.4) is 0 Å². The average molecular weight is 361 g/mol. The largest absolute Gasteiger partial charge is 0.489 e. The number of benzene rings is 3. The van der Waals surface area contributed by atoms with Crippen LogP contribution in [0.2, 0.25) is 0 Å². The molecule has 0 atom stereocenters. The molecule has 0 radical (unpaired) electrons. The first-order chi connectivity index (χ1) is 13.0. The fourth-order valence-corrected chi connectivity index (χ4v) is 2.89. The summed E-state index contributed by atoms with van der Waals surface area (Å²) in [5.74, 6) is -0.0858. The number of nitrogens with one attached hydrogen (secondary N) is 1. The molecular weight excluding hydrogens is 338 g/mol. The van der Waals surface area contributed by atoms with Gasteiger partial charge in [0.15, 0.2) is 0 Å². The molecule has 2 N–H and O–H groups in total. The van der Waals surface area contributed by atoms with Crippen LogP contribution in [-0.4, -0.2) is 11.1 Å². The topological polar surface area (TPSA) is 58.6 Å². The highest BCUT2D eigenvalue weighted by Crippen LogP contribution is 2.21. The quantitative estimate of drug-likeness (QED) is 0.608. The molecule has 4 nitrogen and oxygen atoms in total. The van der Waals surface area contributed by atoms with Gasteiger partial charge in [0, 0.05) is 12.2 Å². The predicted molar refractivity (Wildman–Crippen MR) is 107 cm³/mol. The minimum Gasteiger partial charge on any atom is -0.489 e. The third-order valence-electron chi connectivity index (χ3n) is 4.63. The molecule has 27 heavy (non-hydrogen) atoms. The van der Waals surface area contributed by atoms with Crippen molar-refractivity contribution in [1.82, 2.24) is 0 Å². The molecular formula is C23H23NO3. The van der Waals surface area contributed by atoms with Gasteiger partial charge in [-0.2, -0.15) is 0 Å². The van der Waals surface area contributed by atoms with Crippen LogP contribution in [0.1, 0.15) is 32.6 Å². The van der Waals surface area contributed by atoms with Crippen LogP contribution < -0.4 is 10.1 Å². The zero-order chi connectivity index (χ0) is 19.2. The van der Waals surface area contributed by atoms with Crippen molar-refractivity contribution in [2.75, 3.05) is 5.32 Å². The molecule has 0 unspecified atom stereocenters. The molecule has 0 saturated carbocycles. The second-order valence-electron chi connectivity index (χ2n) is 6.50. The molecule has 3 rings (SSSR count). The van der Waals surface area contributed by atoms with E-state index in [2.05, 4.69) is 24.4 Å². The van der Waals surface area contributed by atoms with E-state index >= 15 is 0 Å². The Balaban J connectivity index is 1.59. The average Bonchev–Trinajstić information content (AvgIpc) is 2.67. The molecule has 0 bridgehead atoms. The summed E-state index contributed by atoms with van der Waals surface area (Å²) in [6, 6.07) is 21.4. The molecule has 3 aromatic rings. The first kappa shape index (κ1) is 18.5. The van der Waals surface area contributed by atoms with Crippen LogP contribution in [0.25, 0.3) is 0 Å². The van der Waals surface area contributed by atoms with Gasteiger partial charge in [-0.05, 0) is 60.4 Å². The number of carboxylic acids is 1. The molecule has 0 aromatic heterocycles. The molecule has 0 aliphatic rings. The Morgan fingerprint density at radius 3 is 2.41 bits per heavy atom. The maximum Gasteiger partial charge on any atom is 0.336 e. The van der Waals surface area contributed by atoms with Crippen LogP contribution in [-0.2, 0) is 13.2 Å². The minimum atomic E-state index is -0.911. The van der Waals surface area contributed by atoms with Gasteiger partial charge in [-0.15, -0.1) is 0 Å². The summed E-state index contributed by atoms with van der Waals surface area (Å²) >= 11 is 0. The minimum absolute atomic E-state index is 0.319. The lowest BCUT2D eigenvalue weighted by atomic mass is 10.1. The number of aromatic carboxylic acids is 1. The van der Waals surface area contributed by atoms with Crippen molar-refractivity contribution < 1.29 is 14.6 Å². The normalized spacial score (nSPS) is 10.4. The standard InChI is InChI=1S/C23H23NO3/c1-16-6-3-4-7-19(16)15-27-20-12-10-18(11-13-20)14-24-22-9-5-8-21(17(22)2)23(25)26/h3-13,24H,14-15H2,1-2H3,(H,25,26). The summed E-state index contributed by atoms with van der Waals surface area (Å²) < 4.78 is 5.87. The number of ether oxygens (including phenoxy) is 1. The van der Waals surface area contributed by atoms with E-state index in [0.29, 0.717) is 18.7 Å². The van der Waals surface area contributed by atoms with Crippen molar-refractivity contribution in [3.05, 3.63) is 94.5 Å². The molecule has 0 saturated heterocycles. The van der Waals surface area contributed by atoms with Crippen molar-refractivity contribution in [2.24, 2.45) is 0 Å². The number of carboxylic acid groups (broad SMARTS) is 1. The van der Waals surface area contributed by atoms with Crippen molar-refractivity contribution in [3.8, 4) is 5.75 Å². The number of hydrogen-bond donors (Lipinski definition) is 2. The Morgan fingerprint density at radius 2 is 1.70 bits per heavy atom. The molecule has 0 aliphatic carbocycles. The van der Waals surface area contributed by atoms with Gasteiger partial charge in [0.1, 0.15) is 12.4 Å². The van der Waals surface area contributed by atoms with Gasteiger partial charge in [0.05, 0.1) is 5.56 Å². The zero-order valence-corrected chi connectivity index (χ0v) is 15.5. The zero-order valence-electron chi connectivity index (χ0n) is 15.5. The van der Waals surface area contributed by atoms with Gasteiger partial charge in [-0.25, -0.2) is 4.79 Å². The van der Waals surface area contributed by atoms with E-state index in [0.717, 1.165) is 22.6 Å².